The number of methoxy groups -OCH3 is 1. The quantitative estimate of drug-likeness (QED) is 0.326. The second-order valence-corrected chi connectivity index (χ2v) is 7.33. The molecule has 0 spiro atoms. The average molecular weight is 471 g/mol. The van der Waals surface area contributed by atoms with E-state index in [0.717, 1.165) is 5.56 Å². The highest BCUT2D eigenvalue weighted by Crippen LogP contribution is 2.38. The van der Waals surface area contributed by atoms with Crippen LogP contribution >= 0.6 is 23.2 Å². The Kier molecular flexibility index (Phi) is 7.72. The van der Waals surface area contributed by atoms with Gasteiger partial charge in [-0.05, 0) is 42.0 Å². The molecule has 32 heavy (non-hydrogen) atoms. The molecule has 0 saturated heterocycles. The maximum Gasteiger partial charge on any atom is 0.266 e. The number of nitrogens with one attached hydrogen (secondary N) is 1. The van der Waals surface area contributed by atoms with E-state index in [0.29, 0.717) is 22.1 Å². The molecular formula is C24H17Cl2FN2O3. The molecule has 5 nitrogen and oxygen atoms in total. The number of amides is 1. The second-order valence-electron chi connectivity index (χ2n) is 6.52. The summed E-state index contributed by atoms with van der Waals surface area (Å²) < 4.78 is 25.0. The van der Waals surface area contributed by atoms with Gasteiger partial charge in [0, 0.05) is 10.6 Å². The van der Waals surface area contributed by atoms with E-state index in [1.165, 1.54) is 37.5 Å². The Balaban J connectivity index is 1.84. The summed E-state index contributed by atoms with van der Waals surface area (Å²) in [6.45, 7) is 0.166. The predicted molar refractivity (Wildman–Crippen MR) is 122 cm³/mol. The van der Waals surface area contributed by atoms with Crippen LogP contribution in [0.4, 0.5) is 10.1 Å². The van der Waals surface area contributed by atoms with Gasteiger partial charge in [-0.2, -0.15) is 5.26 Å². The van der Waals surface area contributed by atoms with Gasteiger partial charge in [-0.3, -0.25) is 4.79 Å². The van der Waals surface area contributed by atoms with Crippen molar-refractivity contribution in [3.63, 3.8) is 0 Å². The number of rotatable bonds is 7. The zero-order valence-electron chi connectivity index (χ0n) is 16.9. The number of halogens is 3. The summed E-state index contributed by atoms with van der Waals surface area (Å²) in [5.74, 6) is -0.766. The summed E-state index contributed by atoms with van der Waals surface area (Å²) in [5.41, 5.74) is 0.929. The van der Waals surface area contributed by atoms with Crippen molar-refractivity contribution in [3.05, 3.63) is 93.2 Å². The van der Waals surface area contributed by atoms with Crippen LogP contribution in [-0.4, -0.2) is 13.0 Å². The number of anilines is 1. The highest BCUT2D eigenvalue weighted by molar-refractivity contribution is 6.32. The van der Waals surface area contributed by atoms with E-state index in [2.05, 4.69) is 5.32 Å². The van der Waals surface area contributed by atoms with Crippen LogP contribution in [0.5, 0.6) is 11.5 Å². The SMILES string of the molecule is COc1cc(/C=C(/C#N)C(=O)Nc2ccccc2F)cc(Cl)c1OCc1ccccc1Cl. The monoisotopic (exact) mass is 470 g/mol. The number of carbonyl (C=O) groups excluding carboxylic acids is 1. The smallest absolute Gasteiger partial charge is 0.266 e. The van der Waals surface area contributed by atoms with Crippen molar-refractivity contribution >= 4 is 40.9 Å². The molecule has 162 valence electrons. The molecule has 3 aromatic carbocycles. The van der Waals surface area contributed by atoms with E-state index in [4.69, 9.17) is 32.7 Å². The van der Waals surface area contributed by atoms with Crippen molar-refractivity contribution in [2.24, 2.45) is 0 Å². The van der Waals surface area contributed by atoms with Crippen LogP contribution in [0.15, 0.2) is 66.2 Å². The predicted octanol–water partition coefficient (Wildman–Crippen LogP) is 6.27. The summed E-state index contributed by atoms with van der Waals surface area (Å²) in [6, 6.07) is 17.8. The van der Waals surface area contributed by atoms with Crippen LogP contribution in [0.25, 0.3) is 6.08 Å². The summed E-state index contributed by atoms with van der Waals surface area (Å²) in [6.07, 6.45) is 1.32. The molecule has 0 aliphatic rings. The molecule has 0 radical (unpaired) electrons. The number of carbonyl (C=O) groups is 1. The van der Waals surface area contributed by atoms with E-state index < -0.39 is 11.7 Å². The van der Waals surface area contributed by atoms with Crippen molar-refractivity contribution < 1.29 is 18.7 Å². The standard InChI is InChI=1S/C24H17Cl2FN2O3/c1-31-22-12-15(10-17(13-28)24(30)29-21-9-5-4-8-20(21)27)11-19(26)23(22)32-14-16-6-2-3-7-18(16)25/h2-12H,14H2,1H3,(H,29,30)/b17-10-. The maximum absolute atomic E-state index is 13.8. The van der Waals surface area contributed by atoms with Gasteiger partial charge >= 0.3 is 0 Å². The molecule has 0 aliphatic heterocycles. The Morgan fingerprint density at radius 3 is 2.53 bits per heavy atom. The molecule has 8 heteroatoms. The zero-order chi connectivity index (χ0) is 23.1. The third kappa shape index (κ3) is 5.58. The van der Waals surface area contributed by atoms with Gasteiger partial charge in [0.15, 0.2) is 11.5 Å². The third-order valence-corrected chi connectivity index (χ3v) is 5.03. The Labute approximate surface area is 194 Å². The Morgan fingerprint density at radius 2 is 1.84 bits per heavy atom. The first kappa shape index (κ1) is 23.1. The van der Waals surface area contributed by atoms with Gasteiger partial charge in [-0.1, -0.05) is 53.5 Å². The van der Waals surface area contributed by atoms with Gasteiger partial charge in [0.1, 0.15) is 24.1 Å². The first-order valence-electron chi connectivity index (χ1n) is 9.34. The maximum atomic E-state index is 13.8. The van der Waals surface area contributed by atoms with Crippen LogP contribution in [-0.2, 0) is 11.4 Å². The first-order chi connectivity index (χ1) is 15.4. The van der Waals surface area contributed by atoms with Crippen molar-refractivity contribution in [1.29, 1.82) is 5.26 Å². The minimum atomic E-state index is -0.758. The van der Waals surface area contributed by atoms with Gasteiger partial charge in [0.05, 0.1) is 17.8 Å². The Bertz CT molecular complexity index is 1220. The van der Waals surface area contributed by atoms with E-state index in [1.807, 2.05) is 24.3 Å². The number of hydrogen-bond acceptors (Lipinski definition) is 4. The molecule has 0 atom stereocenters. The van der Waals surface area contributed by atoms with Gasteiger partial charge in [0.25, 0.3) is 5.91 Å². The van der Waals surface area contributed by atoms with Gasteiger partial charge in [-0.15, -0.1) is 0 Å². The van der Waals surface area contributed by atoms with Crippen LogP contribution in [0.2, 0.25) is 10.0 Å². The van der Waals surface area contributed by atoms with Crippen LogP contribution in [0.3, 0.4) is 0 Å². The Morgan fingerprint density at radius 1 is 1.12 bits per heavy atom. The fourth-order valence-corrected chi connectivity index (χ4v) is 3.26. The molecule has 0 fully saturated rings. The topological polar surface area (TPSA) is 71.3 Å². The van der Waals surface area contributed by atoms with Crippen molar-refractivity contribution in [2.45, 2.75) is 6.61 Å². The summed E-state index contributed by atoms with van der Waals surface area (Å²) >= 11 is 12.5. The van der Waals surface area contributed by atoms with E-state index in [9.17, 15) is 14.4 Å². The molecule has 0 bridgehead atoms. The minimum absolute atomic E-state index is 0.0300. The number of ether oxygens (including phenoxy) is 2. The fraction of sp³-hybridized carbons (Fsp3) is 0.0833. The molecule has 3 aromatic rings. The van der Waals surface area contributed by atoms with Crippen molar-refractivity contribution in [1.82, 2.24) is 0 Å². The van der Waals surface area contributed by atoms with Crippen LogP contribution in [0, 0.1) is 17.1 Å². The lowest BCUT2D eigenvalue weighted by Crippen LogP contribution is -2.14. The number of hydrogen-bond donors (Lipinski definition) is 1. The van der Waals surface area contributed by atoms with Crippen LogP contribution in [0.1, 0.15) is 11.1 Å². The van der Waals surface area contributed by atoms with E-state index in [-0.39, 0.29) is 22.9 Å². The van der Waals surface area contributed by atoms with Crippen molar-refractivity contribution in [3.8, 4) is 17.6 Å². The molecule has 0 aliphatic carbocycles. The van der Waals surface area contributed by atoms with Gasteiger partial charge in [-0.25, -0.2) is 4.39 Å². The lowest BCUT2D eigenvalue weighted by Gasteiger charge is -2.14. The second kappa shape index (κ2) is 10.7. The number of para-hydroxylation sites is 1. The zero-order valence-corrected chi connectivity index (χ0v) is 18.4. The highest BCUT2D eigenvalue weighted by Gasteiger charge is 2.15. The Hall–Kier alpha value is -3.53. The lowest BCUT2D eigenvalue weighted by molar-refractivity contribution is -0.112. The molecule has 1 amide bonds. The van der Waals surface area contributed by atoms with Crippen molar-refractivity contribution in [2.75, 3.05) is 12.4 Å². The number of benzene rings is 3. The first-order valence-corrected chi connectivity index (χ1v) is 10.1. The number of nitriles is 1. The van der Waals surface area contributed by atoms with E-state index >= 15 is 0 Å². The number of nitrogens with zero attached hydrogens (tertiary/aromatic N) is 1. The third-order valence-electron chi connectivity index (χ3n) is 4.38. The normalized spacial score (nSPS) is 10.9. The lowest BCUT2D eigenvalue weighted by atomic mass is 10.1. The van der Waals surface area contributed by atoms with Gasteiger partial charge < -0.3 is 14.8 Å². The molecule has 3 rings (SSSR count). The van der Waals surface area contributed by atoms with E-state index in [1.54, 1.807) is 18.2 Å². The largest absolute Gasteiger partial charge is 0.493 e. The molecule has 0 unspecified atom stereocenters. The van der Waals surface area contributed by atoms with Crippen LogP contribution < -0.4 is 14.8 Å². The fourth-order valence-electron chi connectivity index (χ4n) is 2.80. The summed E-state index contributed by atoms with van der Waals surface area (Å²) in [4.78, 5) is 12.4. The molecule has 0 saturated carbocycles. The molecule has 0 aromatic heterocycles. The summed E-state index contributed by atoms with van der Waals surface area (Å²) in [5, 5.41) is 12.6. The molecule has 0 heterocycles. The van der Waals surface area contributed by atoms with Gasteiger partial charge in [0.2, 0.25) is 0 Å². The highest BCUT2D eigenvalue weighted by atomic mass is 35.5. The molecule has 1 N–H and O–H groups in total. The minimum Gasteiger partial charge on any atom is -0.493 e. The summed E-state index contributed by atoms with van der Waals surface area (Å²) in [7, 11) is 1.44. The molecular weight excluding hydrogens is 454 g/mol. The average Bonchev–Trinajstić information content (AvgIpc) is 2.78.